The Labute approximate surface area is 832 Å². The molecule has 8 heterocycles. The number of amides is 7. The molecule has 10 aromatic rings. The third-order valence-corrected chi connectivity index (χ3v) is 22.9. The number of aromatic hydroxyl groups is 2. The van der Waals surface area contributed by atoms with Crippen LogP contribution in [0.25, 0.3) is 0 Å². The van der Waals surface area contributed by atoms with Gasteiger partial charge < -0.3 is 97.6 Å². The average molecular weight is 2040 g/mol. The Morgan fingerprint density at radius 1 is 0.490 bits per heavy atom. The molecule has 4 aliphatic rings. The molecule has 2 saturated heterocycles. The smallest absolute Gasteiger partial charge is 0.446 e. The molecule has 16 N–H and O–H groups in total. The van der Waals surface area contributed by atoms with Crippen LogP contribution in [0.1, 0.15) is 125 Å². The van der Waals surface area contributed by atoms with Crippen molar-refractivity contribution in [3.8, 4) is 11.5 Å². The van der Waals surface area contributed by atoms with Crippen molar-refractivity contribution < 1.29 is 120 Å². The average Bonchev–Trinajstić information content (AvgIpc) is 1.53. The number of alkyl halides is 3. The maximum absolute atomic E-state index is 14.4. The zero-order valence-corrected chi connectivity index (χ0v) is 80.9. The maximum atomic E-state index is 14.4. The number of hydrogen-bond acceptors (Lipinski definition) is 32. The molecule has 2 fully saturated rings. The first-order chi connectivity index (χ1) is 68.4. The SMILES string of the molecule is CC(C)(C)OC(=O)C(C)(C)O/N=C(\C(=O)N[C@H]1CN2CC(C(=O)NCC(=O)NCc3cc(=O)c(O)c[nH]3)=C(C(=O)O)N2C1=O)c1csc(NC(c2ccccc2)(c2ccccc2)c2ccccc2)n1.CC(C)(C)OC(=O)C(C)(C)O/N=C(\C(=O)O)c1csc(NC(c2ccccc2)(c2ccccc2)c2ccccc2)n1.N[C@H]1CN2CC(C(=O)NCC(=O)NCc3cc(=O)c(O)c[nH]3)=C(C(=O)O)N2C1=O.O=CC(F)(F)F. The summed E-state index contributed by atoms with van der Waals surface area (Å²) in [5.41, 5.74) is 1.39. The van der Waals surface area contributed by atoms with Crippen molar-refractivity contribution in [2.75, 3.05) is 49.9 Å². The predicted molar refractivity (Wildman–Crippen MR) is 518 cm³/mol. The number of thiazole rings is 2. The van der Waals surface area contributed by atoms with Crippen LogP contribution in [0.2, 0.25) is 0 Å². The van der Waals surface area contributed by atoms with Crippen molar-refractivity contribution >= 4 is 122 Å². The normalized spacial score (nSPS) is 15.0. The van der Waals surface area contributed by atoms with E-state index in [-0.39, 0.29) is 67.5 Å². The number of ether oxygens (including phenoxy) is 2. The number of halogens is 3. The molecular formula is C98H101F3N18O24S2. The van der Waals surface area contributed by atoms with E-state index in [1.807, 2.05) is 182 Å². The lowest BCUT2D eigenvalue weighted by Crippen LogP contribution is -2.46. The Bertz CT molecular complexity index is 6560. The van der Waals surface area contributed by atoms with Crippen LogP contribution in [-0.2, 0) is 106 Å². The highest BCUT2D eigenvalue weighted by atomic mass is 32.1. The Morgan fingerprint density at radius 2 is 0.814 bits per heavy atom. The molecule has 0 bridgehead atoms. The third-order valence-electron chi connectivity index (χ3n) is 21.4. The minimum atomic E-state index is -4.64. The quantitative estimate of drug-likeness (QED) is 0.00655. The number of hydrazine groups is 2. The monoisotopic (exact) mass is 2030 g/mol. The van der Waals surface area contributed by atoms with Crippen LogP contribution in [-0.4, -0.2) is 234 Å². The summed E-state index contributed by atoms with van der Waals surface area (Å²) in [7, 11) is 0. The van der Waals surface area contributed by atoms with Crippen molar-refractivity contribution in [3.63, 3.8) is 0 Å². The number of carboxylic acids is 3. The molecule has 14 rings (SSSR count). The number of benzene rings is 6. The molecule has 47 heteroatoms. The predicted octanol–water partition coefficient (Wildman–Crippen LogP) is 6.88. The summed E-state index contributed by atoms with van der Waals surface area (Å²) in [6, 6.07) is 59.2. The van der Waals surface area contributed by atoms with Crippen molar-refractivity contribution in [1.29, 1.82) is 0 Å². The number of nitrogens with two attached hydrogens (primary N) is 1. The number of aldehydes is 1. The van der Waals surface area contributed by atoms with E-state index in [0.717, 1.165) is 79.3 Å². The number of esters is 2. The van der Waals surface area contributed by atoms with E-state index < -0.39 is 187 Å². The zero-order chi connectivity index (χ0) is 106. The number of H-pyrrole nitrogens is 2. The number of carboxylic acid groups (broad SMARTS) is 3. The van der Waals surface area contributed by atoms with Gasteiger partial charge in [-0.2, -0.15) is 13.2 Å². The number of pyridine rings is 2. The van der Waals surface area contributed by atoms with E-state index >= 15 is 0 Å². The number of anilines is 2. The van der Waals surface area contributed by atoms with Gasteiger partial charge in [0.15, 0.2) is 38.9 Å². The van der Waals surface area contributed by atoms with Crippen LogP contribution < -0.4 is 53.8 Å². The lowest BCUT2D eigenvalue weighted by molar-refractivity contribution is -0.180. The highest BCUT2D eigenvalue weighted by Gasteiger charge is 2.52. The molecule has 0 spiro atoms. The number of aromatic amines is 2. The van der Waals surface area contributed by atoms with Gasteiger partial charge in [0.25, 0.3) is 29.5 Å². The van der Waals surface area contributed by atoms with Crippen molar-refractivity contribution in [1.82, 2.24) is 66.6 Å². The van der Waals surface area contributed by atoms with Crippen molar-refractivity contribution in [3.05, 3.63) is 316 Å². The van der Waals surface area contributed by atoms with Crippen molar-refractivity contribution in [2.45, 2.75) is 134 Å². The van der Waals surface area contributed by atoms with Crippen LogP contribution in [0.4, 0.5) is 23.4 Å². The van der Waals surface area contributed by atoms with E-state index in [0.29, 0.717) is 16.0 Å². The molecule has 42 nitrogen and oxygen atoms in total. The van der Waals surface area contributed by atoms with E-state index in [1.54, 1.807) is 52.3 Å². The molecular weight excluding hydrogens is 1930 g/mol. The summed E-state index contributed by atoms with van der Waals surface area (Å²) < 4.78 is 42.2. The molecule has 0 unspecified atom stereocenters. The Balaban J connectivity index is 0.000000221. The summed E-state index contributed by atoms with van der Waals surface area (Å²) >= 11 is 2.40. The van der Waals surface area contributed by atoms with Crippen LogP contribution >= 0.6 is 22.7 Å². The van der Waals surface area contributed by atoms with Crippen LogP contribution in [0.5, 0.6) is 11.5 Å². The molecule has 4 aliphatic heterocycles. The first kappa shape index (κ1) is 108. The molecule has 4 aromatic heterocycles. The molecule has 2 atom stereocenters. The number of rotatable bonds is 33. The van der Waals surface area contributed by atoms with Gasteiger partial charge >= 0.3 is 36.0 Å². The van der Waals surface area contributed by atoms with Crippen molar-refractivity contribution in [2.24, 2.45) is 16.0 Å². The number of oxime groups is 2. The molecule has 0 aliphatic carbocycles. The highest BCUT2D eigenvalue weighted by molar-refractivity contribution is 7.14. The number of nitrogens with zero attached hydrogens (tertiary/aromatic N) is 8. The summed E-state index contributed by atoms with van der Waals surface area (Å²) in [5, 5.41) is 83.8. The fraction of sp³-hybridized carbons (Fsp3) is 0.276. The van der Waals surface area contributed by atoms with Gasteiger partial charge in [-0.25, -0.2) is 54.0 Å². The first-order valence-corrected chi connectivity index (χ1v) is 45.8. The van der Waals surface area contributed by atoms with Gasteiger partial charge in [-0.05, 0) is 103 Å². The van der Waals surface area contributed by atoms with Gasteiger partial charge in [0.1, 0.15) is 45.8 Å². The van der Waals surface area contributed by atoms with Gasteiger partial charge in [0, 0.05) is 59.8 Å². The number of aromatic nitrogens is 4. The second-order valence-electron chi connectivity index (χ2n) is 35.3. The molecule has 7 amide bonds. The molecule has 760 valence electrons. The number of aliphatic carboxylic acids is 3. The molecule has 145 heavy (non-hydrogen) atoms. The molecule has 0 saturated carbocycles. The van der Waals surface area contributed by atoms with Crippen LogP contribution in [0.3, 0.4) is 0 Å². The second kappa shape index (κ2) is 46.2. The number of carbonyl (C=O) groups excluding carboxylic acids is 10. The van der Waals surface area contributed by atoms with Gasteiger partial charge in [-0.3, -0.25) is 47.9 Å². The van der Waals surface area contributed by atoms with Gasteiger partial charge in [-0.1, -0.05) is 192 Å². The van der Waals surface area contributed by atoms with E-state index in [4.69, 9.17) is 39.8 Å². The largest absolute Gasteiger partial charge is 0.503 e. The van der Waals surface area contributed by atoms with E-state index in [1.165, 1.54) is 49.0 Å². The van der Waals surface area contributed by atoms with Crippen LogP contribution in [0.15, 0.2) is 260 Å². The summed E-state index contributed by atoms with van der Waals surface area (Å²) in [4.78, 5) is 210. The summed E-state index contributed by atoms with van der Waals surface area (Å²) in [6.07, 6.45) is -3.56. The maximum Gasteiger partial charge on any atom is 0.446 e. The Kier molecular flexibility index (Phi) is 34.6. The highest BCUT2D eigenvalue weighted by Crippen LogP contribution is 2.44. The molecule has 0 radical (unpaired) electrons. The van der Waals surface area contributed by atoms with Gasteiger partial charge in [-0.15, -0.1) is 22.7 Å². The number of carbonyl (C=O) groups is 13. The fourth-order valence-corrected chi connectivity index (χ4v) is 16.1. The van der Waals surface area contributed by atoms with Gasteiger partial charge in [0.2, 0.25) is 45.9 Å². The minimum absolute atomic E-state index is 0.000191. The third kappa shape index (κ3) is 27.3. The lowest BCUT2D eigenvalue weighted by Gasteiger charge is -2.36. The lowest BCUT2D eigenvalue weighted by atomic mass is 9.77. The standard InChI is InChI=1S/C48H49N9O11S.C32H33N3O5S.C16H18N6O7.C2HF3O/c1-46(2,3)67-44(66)47(4,5)68-55-38(34-27-69-45(53-34)54-48(28-15-9-6-10-16-28,29-17-11-7-12-18-29)30-19-13-8-14-20-30)41(62)52-33-26-56-25-32(39(43(64)65)57(56)42(33)63)40(61)51-24-37(60)50-22-31-21-35(58)36(59)23-49-31;1-30(2,3)39-28(38)31(4,5)40-35-26(27(36)37)25-21-41-29(33-25)34-32(22-15-9-6-10-16-22,23-17-11-7-12-18-23)24-19-13-8-14-20-24;17-9-6-21-5-8(13(16(28)29)22(21)15(9)27)14(26)20-4-12(25)19-2-7-1-10(23)11(24)3-18-7;3-2(4,5)1-6/h6-21,23,27,33,59H,22,24-26H2,1-5H3,(H,49,58)(H,50,60)(H,51,61)(H,52,62)(H,53,54)(H,64,65);6-21H,1-5H3,(H,33,34)(H,36,37);1,3,9,24H,2,4-6,17H2,(H,18,23)(H,19,25)(H,20,26)(H,28,29);1H/b55-38-;35-26-;;/t33-;;9-;/m0.0./s1. The molecule has 6 aromatic carbocycles. The summed E-state index contributed by atoms with van der Waals surface area (Å²) in [5.74, 6) is -12.3. The second-order valence-corrected chi connectivity index (χ2v) is 37.0. The topological polar surface area (TPSA) is 599 Å². The van der Waals surface area contributed by atoms with E-state index in [9.17, 15) is 101 Å². The number of fused-ring (bicyclic) bond motifs is 2. The van der Waals surface area contributed by atoms with Crippen LogP contribution in [0, 0.1) is 0 Å². The minimum Gasteiger partial charge on any atom is -0.503 e. The number of hydrogen-bond donors (Lipinski definition) is 15. The van der Waals surface area contributed by atoms with E-state index in [2.05, 4.69) is 62.5 Å². The fourth-order valence-electron chi connectivity index (χ4n) is 14.6. The Morgan fingerprint density at radius 3 is 1.13 bits per heavy atom. The Hall–Kier alpha value is -16.9. The zero-order valence-electron chi connectivity index (χ0n) is 79.3. The first-order valence-electron chi connectivity index (χ1n) is 44.1. The number of nitrogens with one attached hydrogen (secondary N) is 9. The summed E-state index contributed by atoms with van der Waals surface area (Å²) in [6.45, 7) is 14.1. The van der Waals surface area contributed by atoms with Gasteiger partial charge in [0.05, 0.1) is 50.4 Å².